The Morgan fingerprint density at radius 3 is 2.37 bits per heavy atom. The van der Waals surface area contributed by atoms with Crippen molar-refractivity contribution in [3.63, 3.8) is 0 Å². The van der Waals surface area contributed by atoms with Crippen molar-refractivity contribution >= 4 is 23.0 Å². The number of fused-ring (bicyclic) bond motifs is 1. The van der Waals surface area contributed by atoms with Gasteiger partial charge in [0.05, 0.1) is 5.71 Å². The van der Waals surface area contributed by atoms with Crippen LogP contribution in [-0.4, -0.2) is 16.4 Å². The van der Waals surface area contributed by atoms with Crippen molar-refractivity contribution in [3.05, 3.63) is 46.5 Å². The van der Waals surface area contributed by atoms with Gasteiger partial charge in [-0.2, -0.15) is 15.6 Å². The molecule has 1 aliphatic heterocycles. The zero-order valence-electron chi connectivity index (χ0n) is 17.3. The van der Waals surface area contributed by atoms with E-state index in [4.69, 9.17) is 16.7 Å². The van der Waals surface area contributed by atoms with E-state index >= 15 is 0 Å². The first-order chi connectivity index (χ1) is 12.4. The monoisotopic (exact) mass is 387 g/mol. The average molecular weight is 388 g/mol. The Balaban J connectivity index is 2.17. The number of aromatic hydroxyl groups is 1. The molecule has 1 atom stereocenters. The number of hydrazine groups is 1. The highest BCUT2D eigenvalue weighted by Crippen LogP contribution is 2.43. The quantitative estimate of drug-likeness (QED) is 0.703. The number of hydrogen-bond acceptors (Lipinski definition) is 4. The number of allylic oxidation sites excluding steroid dienone is 2. The van der Waals surface area contributed by atoms with Crippen molar-refractivity contribution in [2.45, 2.75) is 71.3 Å². The van der Waals surface area contributed by atoms with Crippen LogP contribution in [0.1, 0.15) is 66.0 Å². The lowest BCUT2D eigenvalue weighted by Crippen LogP contribution is -2.50. The molecule has 2 N–H and O–H groups in total. The summed E-state index contributed by atoms with van der Waals surface area (Å²) in [5.74, 6) is 0.260. The van der Waals surface area contributed by atoms with Crippen molar-refractivity contribution < 1.29 is 5.11 Å². The number of rotatable bonds is 2. The Morgan fingerprint density at radius 1 is 1.15 bits per heavy atom. The van der Waals surface area contributed by atoms with Gasteiger partial charge < -0.3 is 5.11 Å². The summed E-state index contributed by atoms with van der Waals surface area (Å²) < 4.78 is 0. The highest BCUT2D eigenvalue weighted by Gasteiger charge is 2.41. The molecule has 5 heteroatoms. The Hall–Kier alpha value is -1.78. The summed E-state index contributed by atoms with van der Waals surface area (Å²) in [4.78, 5) is 0. The summed E-state index contributed by atoms with van der Waals surface area (Å²) in [5.41, 5.74) is 6.43. The lowest BCUT2D eigenvalue weighted by molar-refractivity contribution is 0.437. The van der Waals surface area contributed by atoms with Crippen LogP contribution in [0.5, 0.6) is 5.75 Å². The summed E-state index contributed by atoms with van der Waals surface area (Å²) in [6.07, 6.45) is 6.65. The SMILES string of the molecule is CCC12C=CC(Cl)=CC1=NN(c1cc(C(C)(C)C)cc(C(C)(C)C)c1O)N2. The number of hydrogen-bond donors (Lipinski definition) is 2. The summed E-state index contributed by atoms with van der Waals surface area (Å²) in [5, 5.41) is 18.2. The molecule has 146 valence electrons. The molecule has 1 aromatic rings. The summed E-state index contributed by atoms with van der Waals surface area (Å²) in [6, 6.07) is 4.14. The normalized spacial score (nSPS) is 22.6. The molecule has 3 rings (SSSR count). The maximum Gasteiger partial charge on any atom is 0.146 e. The van der Waals surface area contributed by atoms with Gasteiger partial charge in [-0.1, -0.05) is 72.2 Å². The molecule has 0 amide bonds. The van der Waals surface area contributed by atoms with E-state index in [1.165, 1.54) is 0 Å². The highest BCUT2D eigenvalue weighted by molar-refractivity contribution is 6.34. The van der Waals surface area contributed by atoms with E-state index in [-0.39, 0.29) is 16.6 Å². The number of nitrogens with zero attached hydrogens (tertiary/aromatic N) is 2. The molecule has 27 heavy (non-hydrogen) atoms. The van der Waals surface area contributed by atoms with Crippen LogP contribution in [0.2, 0.25) is 0 Å². The molecule has 0 aromatic heterocycles. The Kier molecular flexibility index (Phi) is 4.72. The van der Waals surface area contributed by atoms with Crippen molar-refractivity contribution in [1.29, 1.82) is 0 Å². The molecule has 0 bridgehead atoms. The largest absolute Gasteiger partial charge is 0.505 e. The van der Waals surface area contributed by atoms with Gasteiger partial charge in [0.2, 0.25) is 0 Å². The third-order valence-electron chi connectivity index (χ3n) is 5.32. The fourth-order valence-corrected chi connectivity index (χ4v) is 3.59. The van der Waals surface area contributed by atoms with Gasteiger partial charge in [-0.15, -0.1) is 0 Å². The third kappa shape index (κ3) is 3.53. The van der Waals surface area contributed by atoms with Gasteiger partial charge in [0.1, 0.15) is 17.0 Å². The molecule has 1 aromatic carbocycles. The minimum Gasteiger partial charge on any atom is -0.505 e. The van der Waals surface area contributed by atoms with Gasteiger partial charge in [-0.25, -0.2) is 0 Å². The van der Waals surface area contributed by atoms with Crippen LogP contribution in [0.4, 0.5) is 5.69 Å². The number of hydrazone groups is 1. The number of phenols is 1. The van der Waals surface area contributed by atoms with E-state index < -0.39 is 5.54 Å². The molecular weight excluding hydrogens is 358 g/mol. The van der Waals surface area contributed by atoms with Gasteiger partial charge in [0.25, 0.3) is 0 Å². The molecule has 1 unspecified atom stereocenters. The van der Waals surface area contributed by atoms with Gasteiger partial charge in [0, 0.05) is 10.6 Å². The first kappa shape index (κ1) is 20.0. The highest BCUT2D eigenvalue weighted by atomic mass is 35.5. The number of phenolic OH excluding ortho intramolecular Hbond substituents is 1. The fraction of sp³-hybridized carbons (Fsp3) is 0.500. The molecule has 1 aliphatic carbocycles. The van der Waals surface area contributed by atoms with Crippen LogP contribution < -0.4 is 10.5 Å². The lowest BCUT2D eigenvalue weighted by Gasteiger charge is -2.31. The average Bonchev–Trinajstić information content (AvgIpc) is 2.91. The van der Waals surface area contributed by atoms with E-state index in [1.54, 1.807) is 5.12 Å². The van der Waals surface area contributed by atoms with E-state index in [1.807, 2.05) is 24.3 Å². The third-order valence-corrected chi connectivity index (χ3v) is 5.56. The second-order valence-corrected chi connectivity index (χ2v) is 9.92. The van der Waals surface area contributed by atoms with Crippen molar-refractivity contribution in [2.24, 2.45) is 5.10 Å². The topological polar surface area (TPSA) is 47.9 Å². The number of halogens is 1. The van der Waals surface area contributed by atoms with Gasteiger partial charge >= 0.3 is 0 Å². The molecule has 2 aliphatic rings. The fourth-order valence-electron chi connectivity index (χ4n) is 3.43. The standard InChI is InChI=1S/C22H30ClN3O/c1-8-22-10-9-15(23)13-18(22)24-26(25-22)17-12-14(20(2,3)4)11-16(19(17)27)21(5,6)7/h9-13,25,27H,8H2,1-7H3. The van der Waals surface area contributed by atoms with Gasteiger partial charge in [-0.05, 0) is 41.0 Å². The van der Waals surface area contributed by atoms with Crippen LogP contribution in [0.25, 0.3) is 0 Å². The molecule has 1 heterocycles. The summed E-state index contributed by atoms with van der Waals surface area (Å²) in [7, 11) is 0. The Bertz CT molecular complexity index is 856. The minimum atomic E-state index is -0.398. The van der Waals surface area contributed by atoms with Crippen LogP contribution >= 0.6 is 11.6 Å². The van der Waals surface area contributed by atoms with Crippen LogP contribution in [0.15, 0.2) is 40.5 Å². The zero-order valence-corrected chi connectivity index (χ0v) is 18.1. The van der Waals surface area contributed by atoms with E-state index in [0.717, 1.165) is 23.3 Å². The Labute approximate surface area is 167 Å². The molecule has 0 spiro atoms. The van der Waals surface area contributed by atoms with Crippen molar-refractivity contribution in [2.75, 3.05) is 5.12 Å². The van der Waals surface area contributed by atoms with E-state index in [0.29, 0.717) is 10.7 Å². The first-order valence-electron chi connectivity index (χ1n) is 9.49. The Morgan fingerprint density at radius 2 is 1.81 bits per heavy atom. The maximum absolute atomic E-state index is 11.1. The lowest BCUT2D eigenvalue weighted by atomic mass is 9.79. The second-order valence-electron chi connectivity index (χ2n) is 9.49. The van der Waals surface area contributed by atoms with Gasteiger partial charge in [-0.3, -0.25) is 0 Å². The molecular formula is C22H30ClN3O. The predicted octanol–water partition coefficient (Wildman–Crippen LogP) is 5.51. The van der Waals surface area contributed by atoms with Crippen molar-refractivity contribution in [3.8, 4) is 5.75 Å². The smallest absolute Gasteiger partial charge is 0.146 e. The maximum atomic E-state index is 11.1. The zero-order chi connectivity index (χ0) is 20.2. The van der Waals surface area contributed by atoms with Gasteiger partial charge in [0.15, 0.2) is 0 Å². The molecule has 4 nitrogen and oxygen atoms in total. The molecule has 0 saturated carbocycles. The molecule has 0 fully saturated rings. The van der Waals surface area contributed by atoms with Crippen molar-refractivity contribution in [1.82, 2.24) is 5.43 Å². The van der Waals surface area contributed by atoms with E-state index in [2.05, 4.69) is 60.0 Å². The second kappa shape index (κ2) is 6.39. The molecule has 0 saturated heterocycles. The number of nitrogens with one attached hydrogen (secondary N) is 1. The van der Waals surface area contributed by atoms with Crippen LogP contribution in [0, 0.1) is 0 Å². The van der Waals surface area contributed by atoms with Crippen LogP contribution in [-0.2, 0) is 10.8 Å². The number of anilines is 1. The molecule has 0 radical (unpaired) electrons. The number of benzene rings is 1. The summed E-state index contributed by atoms with van der Waals surface area (Å²) >= 11 is 6.20. The minimum absolute atomic E-state index is 0.0480. The summed E-state index contributed by atoms with van der Waals surface area (Å²) in [6.45, 7) is 15.0. The predicted molar refractivity (Wildman–Crippen MR) is 115 cm³/mol. The first-order valence-corrected chi connectivity index (χ1v) is 9.86. The van der Waals surface area contributed by atoms with E-state index in [9.17, 15) is 5.11 Å². The van der Waals surface area contributed by atoms with Crippen LogP contribution in [0.3, 0.4) is 0 Å².